The third-order valence-corrected chi connectivity index (χ3v) is 2.46. The number of nitrogens with zero attached hydrogens (tertiary/aromatic N) is 3. The van der Waals surface area contributed by atoms with Crippen molar-refractivity contribution in [1.29, 1.82) is 0 Å². The molecular formula is C11H14N4. The summed E-state index contributed by atoms with van der Waals surface area (Å²) in [5, 5.41) is 7.68. The van der Waals surface area contributed by atoms with Crippen LogP contribution in [-0.2, 0) is 7.05 Å². The Morgan fingerprint density at radius 1 is 1.20 bits per heavy atom. The van der Waals surface area contributed by atoms with Gasteiger partial charge in [0.1, 0.15) is 0 Å². The number of hydrogen-bond donors (Lipinski definition) is 1. The Morgan fingerprint density at radius 2 is 1.87 bits per heavy atom. The van der Waals surface area contributed by atoms with Gasteiger partial charge in [-0.25, -0.2) is 0 Å². The first-order valence-electron chi connectivity index (χ1n) is 4.85. The molecule has 0 radical (unpaired) electrons. The molecule has 78 valence electrons. The van der Waals surface area contributed by atoms with Gasteiger partial charge in [-0.05, 0) is 26.0 Å². The summed E-state index contributed by atoms with van der Waals surface area (Å²) in [5.41, 5.74) is 4.24. The SMILES string of the molecule is Cc1nn(C)c(C)c1Nc1ccncc1. The molecule has 0 fully saturated rings. The third kappa shape index (κ3) is 1.83. The van der Waals surface area contributed by atoms with Crippen LogP contribution in [-0.4, -0.2) is 14.8 Å². The Hall–Kier alpha value is -1.84. The van der Waals surface area contributed by atoms with E-state index in [0.29, 0.717) is 0 Å². The van der Waals surface area contributed by atoms with Crippen LogP contribution in [0.4, 0.5) is 11.4 Å². The Balaban J connectivity index is 2.32. The second-order valence-corrected chi connectivity index (χ2v) is 3.53. The van der Waals surface area contributed by atoms with Crippen LogP contribution in [0.3, 0.4) is 0 Å². The quantitative estimate of drug-likeness (QED) is 0.811. The molecule has 2 aromatic heterocycles. The minimum atomic E-state index is 1.01. The van der Waals surface area contributed by atoms with Crippen molar-refractivity contribution >= 4 is 11.4 Å². The lowest BCUT2D eigenvalue weighted by Crippen LogP contribution is -1.95. The summed E-state index contributed by atoms with van der Waals surface area (Å²) in [6, 6.07) is 3.87. The van der Waals surface area contributed by atoms with Crippen molar-refractivity contribution in [2.45, 2.75) is 13.8 Å². The predicted molar refractivity (Wildman–Crippen MR) is 60.2 cm³/mol. The van der Waals surface area contributed by atoms with Crippen molar-refractivity contribution in [3.8, 4) is 0 Å². The van der Waals surface area contributed by atoms with Crippen LogP contribution in [0.2, 0.25) is 0 Å². The van der Waals surface area contributed by atoms with E-state index < -0.39 is 0 Å². The Morgan fingerprint density at radius 3 is 2.40 bits per heavy atom. The van der Waals surface area contributed by atoms with E-state index in [-0.39, 0.29) is 0 Å². The molecule has 2 heterocycles. The van der Waals surface area contributed by atoms with Gasteiger partial charge in [-0.15, -0.1) is 0 Å². The number of aryl methyl sites for hydroxylation is 2. The van der Waals surface area contributed by atoms with Crippen molar-refractivity contribution in [1.82, 2.24) is 14.8 Å². The number of aromatic nitrogens is 3. The van der Waals surface area contributed by atoms with Crippen molar-refractivity contribution in [3.63, 3.8) is 0 Å². The van der Waals surface area contributed by atoms with Gasteiger partial charge < -0.3 is 5.32 Å². The molecule has 0 unspecified atom stereocenters. The van der Waals surface area contributed by atoms with E-state index in [1.807, 2.05) is 37.7 Å². The van der Waals surface area contributed by atoms with Crippen molar-refractivity contribution in [3.05, 3.63) is 35.9 Å². The smallest absolute Gasteiger partial charge is 0.0831 e. The highest BCUT2D eigenvalue weighted by Gasteiger charge is 2.08. The molecule has 4 heteroatoms. The number of anilines is 2. The standard InChI is InChI=1S/C11H14N4/c1-8-11(9(2)15(3)14-8)13-10-4-6-12-7-5-10/h4-7H,1-3H3,(H,12,13). The second kappa shape index (κ2) is 3.73. The molecule has 0 atom stereocenters. The zero-order valence-corrected chi connectivity index (χ0v) is 9.15. The molecule has 0 amide bonds. The van der Waals surface area contributed by atoms with E-state index in [4.69, 9.17) is 0 Å². The minimum Gasteiger partial charge on any atom is -0.352 e. The lowest BCUT2D eigenvalue weighted by Gasteiger charge is -2.05. The van der Waals surface area contributed by atoms with E-state index >= 15 is 0 Å². The summed E-state index contributed by atoms with van der Waals surface area (Å²) >= 11 is 0. The summed E-state index contributed by atoms with van der Waals surface area (Å²) in [7, 11) is 1.94. The maximum Gasteiger partial charge on any atom is 0.0831 e. The van der Waals surface area contributed by atoms with Gasteiger partial charge in [0.05, 0.1) is 17.1 Å². The molecule has 15 heavy (non-hydrogen) atoms. The van der Waals surface area contributed by atoms with Gasteiger partial charge in [0.2, 0.25) is 0 Å². The zero-order chi connectivity index (χ0) is 10.8. The highest BCUT2D eigenvalue weighted by atomic mass is 15.3. The highest BCUT2D eigenvalue weighted by molar-refractivity contribution is 5.63. The van der Waals surface area contributed by atoms with Crippen LogP contribution in [0.25, 0.3) is 0 Å². The Labute approximate surface area is 89.0 Å². The van der Waals surface area contributed by atoms with E-state index in [9.17, 15) is 0 Å². The molecule has 2 aromatic rings. The highest BCUT2D eigenvalue weighted by Crippen LogP contribution is 2.22. The molecule has 0 aromatic carbocycles. The van der Waals surface area contributed by atoms with Crippen molar-refractivity contribution in [2.24, 2.45) is 7.05 Å². The molecule has 0 aliphatic heterocycles. The van der Waals surface area contributed by atoms with Crippen molar-refractivity contribution in [2.75, 3.05) is 5.32 Å². The fourth-order valence-electron chi connectivity index (χ4n) is 1.53. The van der Waals surface area contributed by atoms with E-state index in [2.05, 4.69) is 15.4 Å². The van der Waals surface area contributed by atoms with Crippen LogP contribution in [0.15, 0.2) is 24.5 Å². The molecule has 0 bridgehead atoms. The maximum absolute atomic E-state index is 4.35. The molecule has 0 aliphatic rings. The summed E-state index contributed by atoms with van der Waals surface area (Å²) < 4.78 is 1.87. The first-order valence-corrected chi connectivity index (χ1v) is 4.85. The van der Waals surface area contributed by atoms with Gasteiger partial charge in [0.15, 0.2) is 0 Å². The average molecular weight is 202 g/mol. The van der Waals surface area contributed by atoms with Gasteiger partial charge >= 0.3 is 0 Å². The topological polar surface area (TPSA) is 42.7 Å². The minimum absolute atomic E-state index is 1.01. The summed E-state index contributed by atoms with van der Waals surface area (Å²) in [6.45, 7) is 4.04. The number of hydrogen-bond acceptors (Lipinski definition) is 3. The third-order valence-electron chi connectivity index (χ3n) is 2.46. The summed E-state index contributed by atoms with van der Waals surface area (Å²) in [5.74, 6) is 0. The van der Waals surface area contributed by atoms with Crippen LogP contribution < -0.4 is 5.32 Å². The fourth-order valence-corrected chi connectivity index (χ4v) is 1.53. The van der Waals surface area contributed by atoms with Crippen LogP contribution in [0.5, 0.6) is 0 Å². The van der Waals surface area contributed by atoms with Crippen LogP contribution >= 0.6 is 0 Å². The summed E-state index contributed by atoms with van der Waals surface area (Å²) in [6.07, 6.45) is 3.53. The van der Waals surface area contributed by atoms with Gasteiger partial charge in [0.25, 0.3) is 0 Å². The van der Waals surface area contributed by atoms with Crippen molar-refractivity contribution < 1.29 is 0 Å². The molecule has 4 nitrogen and oxygen atoms in total. The Bertz CT molecular complexity index is 459. The van der Waals surface area contributed by atoms with Crippen LogP contribution in [0.1, 0.15) is 11.4 Å². The number of pyridine rings is 1. The monoisotopic (exact) mass is 202 g/mol. The maximum atomic E-state index is 4.35. The van der Waals surface area contributed by atoms with Crippen LogP contribution in [0, 0.1) is 13.8 Å². The van der Waals surface area contributed by atoms with Gasteiger partial charge in [-0.2, -0.15) is 5.10 Å². The van der Waals surface area contributed by atoms with Gasteiger partial charge in [-0.1, -0.05) is 0 Å². The van der Waals surface area contributed by atoms with Gasteiger partial charge in [0, 0.05) is 25.1 Å². The second-order valence-electron chi connectivity index (χ2n) is 3.53. The molecule has 0 aliphatic carbocycles. The normalized spacial score (nSPS) is 10.3. The molecule has 0 saturated carbocycles. The lowest BCUT2D eigenvalue weighted by molar-refractivity contribution is 0.731. The molecule has 2 rings (SSSR count). The average Bonchev–Trinajstić information content (AvgIpc) is 2.47. The largest absolute Gasteiger partial charge is 0.352 e. The first-order chi connectivity index (χ1) is 7.18. The first kappa shape index (κ1) is 9.71. The van der Waals surface area contributed by atoms with E-state index in [0.717, 1.165) is 22.8 Å². The van der Waals surface area contributed by atoms with E-state index in [1.165, 1.54) is 0 Å². The number of rotatable bonds is 2. The summed E-state index contributed by atoms with van der Waals surface area (Å²) in [4.78, 5) is 3.98. The predicted octanol–water partition coefficient (Wildman–Crippen LogP) is 2.18. The lowest BCUT2D eigenvalue weighted by atomic mass is 10.3. The zero-order valence-electron chi connectivity index (χ0n) is 9.15. The molecule has 1 N–H and O–H groups in total. The van der Waals surface area contributed by atoms with E-state index in [1.54, 1.807) is 12.4 Å². The Kier molecular flexibility index (Phi) is 2.41. The number of nitrogens with one attached hydrogen (secondary N) is 1. The molecular weight excluding hydrogens is 188 g/mol. The molecule has 0 spiro atoms. The fraction of sp³-hybridized carbons (Fsp3) is 0.273. The van der Waals surface area contributed by atoms with Gasteiger partial charge in [-0.3, -0.25) is 9.67 Å². The molecule has 0 saturated heterocycles.